The van der Waals surface area contributed by atoms with Crippen LogP contribution < -0.4 is 10.1 Å². The maximum Gasteiger partial charge on any atom is 0.326 e. The van der Waals surface area contributed by atoms with Crippen LogP contribution >= 0.6 is 0 Å². The number of amides is 1. The van der Waals surface area contributed by atoms with Gasteiger partial charge in [-0.2, -0.15) is 0 Å². The van der Waals surface area contributed by atoms with Gasteiger partial charge < -0.3 is 15.2 Å². The number of nitrogens with zero attached hydrogens (tertiary/aromatic N) is 1. The fourth-order valence-corrected chi connectivity index (χ4v) is 1.56. The van der Waals surface area contributed by atoms with Gasteiger partial charge in [-0.1, -0.05) is 12.2 Å². The number of pyridine rings is 1. The monoisotopic (exact) mass is 292 g/mol. The molecule has 1 atom stereocenters. The van der Waals surface area contributed by atoms with Gasteiger partial charge in [-0.3, -0.25) is 4.79 Å². The van der Waals surface area contributed by atoms with Crippen LogP contribution in [-0.2, 0) is 4.79 Å². The minimum absolute atomic E-state index is 0.00519. The predicted molar refractivity (Wildman–Crippen MR) is 78.3 cm³/mol. The number of carboxylic acid groups (broad SMARTS) is 1. The van der Waals surface area contributed by atoms with Crippen molar-refractivity contribution in [2.45, 2.75) is 39.3 Å². The highest BCUT2D eigenvalue weighted by Crippen LogP contribution is 2.10. The summed E-state index contributed by atoms with van der Waals surface area (Å²) in [6.07, 6.45) is 5.02. The highest BCUT2D eigenvalue weighted by atomic mass is 16.5. The number of nitrogens with one attached hydrogen (secondary N) is 1. The Balaban J connectivity index is 2.71. The van der Waals surface area contributed by atoms with Gasteiger partial charge in [0.05, 0.1) is 11.7 Å². The molecule has 0 aliphatic carbocycles. The Hall–Kier alpha value is -2.37. The summed E-state index contributed by atoms with van der Waals surface area (Å²) in [5, 5.41) is 11.5. The van der Waals surface area contributed by atoms with E-state index in [2.05, 4.69) is 10.3 Å². The van der Waals surface area contributed by atoms with E-state index < -0.39 is 17.9 Å². The minimum Gasteiger partial charge on any atom is -0.480 e. The molecule has 6 nitrogen and oxygen atoms in total. The second-order valence-corrected chi connectivity index (χ2v) is 4.72. The van der Waals surface area contributed by atoms with Crippen molar-refractivity contribution in [3.8, 4) is 5.88 Å². The van der Waals surface area contributed by atoms with E-state index in [0.717, 1.165) is 0 Å². The first-order valence-corrected chi connectivity index (χ1v) is 6.71. The van der Waals surface area contributed by atoms with Gasteiger partial charge in [0.1, 0.15) is 6.04 Å². The summed E-state index contributed by atoms with van der Waals surface area (Å²) < 4.78 is 5.38. The molecular formula is C15H20N2O4. The Morgan fingerprint density at radius 1 is 1.43 bits per heavy atom. The molecule has 0 aromatic carbocycles. The smallest absolute Gasteiger partial charge is 0.326 e. The maximum absolute atomic E-state index is 12.0. The number of allylic oxidation sites excluding steroid dienone is 1. The van der Waals surface area contributed by atoms with Crippen molar-refractivity contribution >= 4 is 11.9 Å². The molecule has 21 heavy (non-hydrogen) atoms. The van der Waals surface area contributed by atoms with Crippen LogP contribution in [0.25, 0.3) is 0 Å². The highest BCUT2D eigenvalue weighted by molar-refractivity contribution is 5.96. The lowest BCUT2D eigenvalue weighted by molar-refractivity contribution is -0.139. The van der Waals surface area contributed by atoms with E-state index in [1.54, 1.807) is 31.2 Å². The van der Waals surface area contributed by atoms with E-state index in [4.69, 9.17) is 9.84 Å². The Morgan fingerprint density at radius 3 is 2.62 bits per heavy atom. The number of hydrogen-bond acceptors (Lipinski definition) is 4. The zero-order valence-corrected chi connectivity index (χ0v) is 12.4. The fraction of sp³-hybridized carbons (Fsp3) is 0.400. The summed E-state index contributed by atoms with van der Waals surface area (Å²) in [6.45, 7) is 5.54. The van der Waals surface area contributed by atoms with E-state index in [9.17, 15) is 9.59 Å². The van der Waals surface area contributed by atoms with E-state index in [0.29, 0.717) is 5.88 Å². The number of carbonyl (C=O) groups excluding carboxylic acids is 1. The first-order chi connectivity index (χ1) is 9.93. The molecule has 1 aromatic heterocycles. The zero-order valence-electron chi connectivity index (χ0n) is 12.4. The van der Waals surface area contributed by atoms with E-state index in [1.807, 2.05) is 13.8 Å². The number of aromatic nitrogens is 1. The quantitative estimate of drug-likeness (QED) is 0.751. The molecule has 0 bridgehead atoms. The van der Waals surface area contributed by atoms with E-state index in [-0.39, 0.29) is 18.1 Å². The topological polar surface area (TPSA) is 88.5 Å². The zero-order chi connectivity index (χ0) is 15.8. The molecule has 0 aliphatic heterocycles. The van der Waals surface area contributed by atoms with Crippen LogP contribution in [0, 0.1) is 0 Å². The van der Waals surface area contributed by atoms with Crippen molar-refractivity contribution in [3.05, 3.63) is 36.0 Å². The van der Waals surface area contributed by atoms with Crippen LogP contribution in [0.5, 0.6) is 5.88 Å². The number of carbonyl (C=O) groups is 2. The molecule has 0 saturated carbocycles. The predicted octanol–water partition coefficient (Wildman–Crippen LogP) is 2.02. The number of ether oxygens (including phenoxy) is 1. The summed E-state index contributed by atoms with van der Waals surface area (Å²) in [7, 11) is 0. The molecule has 6 heteroatoms. The average molecular weight is 292 g/mol. The summed E-state index contributed by atoms with van der Waals surface area (Å²) in [5.74, 6) is -1.13. The molecule has 0 saturated heterocycles. The van der Waals surface area contributed by atoms with Crippen LogP contribution in [0.2, 0.25) is 0 Å². The number of hydrogen-bond donors (Lipinski definition) is 2. The van der Waals surface area contributed by atoms with Crippen LogP contribution in [0.4, 0.5) is 0 Å². The van der Waals surface area contributed by atoms with Crippen LogP contribution in [-0.4, -0.2) is 34.1 Å². The van der Waals surface area contributed by atoms with Crippen LogP contribution in [0.15, 0.2) is 30.5 Å². The molecule has 2 N–H and O–H groups in total. The lowest BCUT2D eigenvalue weighted by Gasteiger charge is -2.13. The molecule has 0 radical (unpaired) electrons. The third-order valence-corrected chi connectivity index (χ3v) is 2.57. The summed E-state index contributed by atoms with van der Waals surface area (Å²) in [4.78, 5) is 27.0. The van der Waals surface area contributed by atoms with Crippen molar-refractivity contribution in [1.82, 2.24) is 10.3 Å². The lowest BCUT2D eigenvalue weighted by atomic mass is 10.1. The number of carboxylic acids is 1. The average Bonchev–Trinajstić information content (AvgIpc) is 2.43. The van der Waals surface area contributed by atoms with Crippen molar-refractivity contribution in [2.75, 3.05) is 0 Å². The fourth-order valence-electron chi connectivity index (χ4n) is 1.56. The van der Waals surface area contributed by atoms with Gasteiger partial charge in [0.15, 0.2) is 0 Å². The number of rotatable bonds is 7. The summed E-state index contributed by atoms with van der Waals surface area (Å²) in [5.41, 5.74) is 0.290. The Bertz CT molecular complexity index is 509. The van der Waals surface area contributed by atoms with Crippen LogP contribution in [0.1, 0.15) is 37.6 Å². The van der Waals surface area contributed by atoms with Crippen molar-refractivity contribution in [2.24, 2.45) is 0 Å². The second kappa shape index (κ2) is 8.04. The van der Waals surface area contributed by atoms with Gasteiger partial charge in [0.25, 0.3) is 5.91 Å². The maximum atomic E-state index is 12.0. The number of aliphatic carboxylic acids is 1. The molecule has 114 valence electrons. The summed E-state index contributed by atoms with van der Waals surface area (Å²) >= 11 is 0. The van der Waals surface area contributed by atoms with Crippen molar-refractivity contribution in [3.63, 3.8) is 0 Å². The Labute approximate surface area is 123 Å². The first kappa shape index (κ1) is 16.7. The molecule has 0 spiro atoms. The SMILES string of the molecule is C/C=C/CC(NC(=O)c1ccc(OC(C)C)nc1)C(=O)O. The third kappa shape index (κ3) is 5.64. The standard InChI is InChI=1S/C15H20N2O4/c1-4-5-6-12(15(19)20)17-14(18)11-7-8-13(16-9-11)21-10(2)3/h4-5,7-10,12H,6H2,1-3H3,(H,17,18)(H,19,20)/b5-4+. The van der Waals surface area contributed by atoms with Gasteiger partial charge >= 0.3 is 5.97 Å². The van der Waals surface area contributed by atoms with E-state index >= 15 is 0 Å². The largest absolute Gasteiger partial charge is 0.480 e. The van der Waals surface area contributed by atoms with Crippen molar-refractivity contribution in [1.29, 1.82) is 0 Å². The third-order valence-electron chi connectivity index (χ3n) is 2.57. The van der Waals surface area contributed by atoms with Gasteiger partial charge in [-0.25, -0.2) is 9.78 Å². The summed E-state index contributed by atoms with van der Waals surface area (Å²) in [6, 6.07) is 2.17. The molecule has 1 rings (SSSR count). The molecule has 1 unspecified atom stereocenters. The molecule has 1 heterocycles. The first-order valence-electron chi connectivity index (χ1n) is 6.71. The molecule has 0 fully saturated rings. The lowest BCUT2D eigenvalue weighted by Crippen LogP contribution is -2.40. The van der Waals surface area contributed by atoms with E-state index in [1.165, 1.54) is 6.20 Å². The van der Waals surface area contributed by atoms with Gasteiger partial charge in [-0.15, -0.1) is 0 Å². The molecular weight excluding hydrogens is 272 g/mol. The van der Waals surface area contributed by atoms with Gasteiger partial charge in [0, 0.05) is 12.3 Å². The highest BCUT2D eigenvalue weighted by Gasteiger charge is 2.19. The van der Waals surface area contributed by atoms with Gasteiger partial charge in [-0.05, 0) is 33.3 Å². The normalized spacial score (nSPS) is 12.4. The molecule has 0 aliphatic rings. The Morgan fingerprint density at radius 2 is 2.14 bits per heavy atom. The minimum atomic E-state index is -1.07. The molecule has 1 amide bonds. The van der Waals surface area contributed by atoms with Crippen molar-refractivity contribution < 1.29 is 19.4 Å². The Kier molecular flexibility index (Phi) is 6.39. The molecule has 1 aromatic rings. The second-order valence-electron chi connectivity index (χ2n) is 4.72. The van der Waals surface area contributed by atoms with Gasteiger partial charge in [0.2, 0.25) is 5.88 Å². The van der Waals surface area contributed by atoms with Crippen LogP contribution in [0.3, 0.4) is 0 Å².